The largest absolute Gasteiger partial charge is 0.352 e. The lowest BCUT2D eigenvalue weighted by Crippen LogP contribution is -2.50. The summed E-state index contributed by atoms with van der Waals surface area (Å²) in [6, 6.07) is 0.782. The highest BCUT2D eigenvalue weighted by molar-refractivity contribution is 5.82. The number of hydrogen-bond donors (Lipinski definition) is 4. The molecule has 2 aliphatic heterocycles. The average Bonchev–Trinajstić information content (AvgIpc) is 3.28. The average molecular weight is 352 g/mol. The van der Waals surface area contributed by atoms with Gasteiger partial charge in [-0.2, -0.15) is 0 Å². The van der Waals surface area contributed by atoms with E-state index in [-0.39, 0.29) is 30.0 Å². The van der Waals surface area contributed by atoms with Gasteiger partial charge in [0.25, 0.3) is 0 Å². The zero-order chi connectivity index (χ0) is 17.4. The first-order valence-electron chi connectivity index (χ1n) is 10.3. The van der Waals surface area contributed by atoms with Gasteiger partial charge < -0.3 is 21.3 Å². The molecule has 4 fully saturated rings. The summed E-state index contributed by atoms with van der Waals surface area (Å²) in [5.41, 5.74) is 0. The Kier molecular flexibility index (Phi) is 5.30. The summed E-state index contributed by atoms with van der Waals surface area (Å²) in [7, 11) is 0. The van der Waals surface area contributed by atoms with Crippen molar-refractivity contribution in [2.75, 3.05) is 13.2 Å². The van der Waals surface area contributed by atoms with E-state index in [0.29, 0.717) is 30.7 Å². The molecule has 2 heterocycles. The summed E-state index contributed by atoms with van der Waals surface area (Å²) < 4.78 is 14.2. The topological polar surface area (TPSA) is 65.2 Å². The first kappa shape index (κ1) is 17.7. The Morgan fingerprint density at radius 3 is 2.80 bits per heavy atom. The van der Waals surface area contributed by atoms with Crippen LogP contribution in [-0.4, -0.2) is 49.5 Å². The van der Waals surface area contributed by atoms with Crippen LogP contribution in [0, 0.1) is 17.8 Å². The molecule has 2 aliphatic carbocycles. The molecule has 1 amide bonds. The molecule has 25 heavy (non-hydrogen) atoms. The molecule has 0 bridgehead atoms. The van der Waals surface area contributed by atoms with Crippen LogP contribution >= 0.6 is 0 Å². The van der Waals surface area contributed by atoms with E-state index in [9.17, 15) is 9.18 Å². The molecule has 8 atom stereocenters. The van der Waals surface area contributed by atoms with Crippen molar-refractivity contribution in [3.63, 3.8) is 0 Å². The van der Waals surface area contributed by atoms with Crippen molar-refractivity contribution in [1.82, 2.24) is 21.3 Å². The summed E-state index contributed by atoms with van der Waals surface area (Å²) in [5, 5.41) is 13.6. The second kappa shape index (κ2) is 7.49. The van der Waals surface area contributed by atoms with E-state index in [0.717, 1.165) is 32.5 Å². The quantitative estimate of drug-likeness (QED) is 0.618. The third-order valence-corrected chi connectivity index (χ3v) is 7.14. The minimum absolute atomic E-state index is 0.0207. The van der Waals surface area contributed by atoms with Crippen molar-refractivity contribution in [2.24, 2.45) is 17.8 Å². The number of carbonyl (C=O) groups excluding carboxylic acids is 1. The van der Waals surface area contributed by atoms with Crippen LogP contribution in [0.2, 0.25) is 0 Å². The van der Waals surface area contributed by atoms with Crippen LogP contribution in [0.4, 0.5) is 4.39 Å². The van der Waals surface area contributed by atoms with E-state index in [1.54, 1.807) is 0 Å². The molecule has 2 saturated carbocycles. The van der Waals surface area contributed by atoms with Crippen LogP contribution in [0.3, 0.4) is 0 Å². The first-order chi connectivity index (χ1) is 12.1. The Bertz CT molecular complexity index is 466. The summed E-state index contributed by atoms with van der Waals surface area (Å²) in [6.45, 7) is 4.12. The molecule has 0 radical (unpaired) electrons. The highest BCUT2D eigenvalue weighted by atomic mass is 19.1. The monoisotopic (exact) mass is 352 g/mol. The van der Waals surface area contributed by atoms with Gasteiger partial charge in [0.1, 0.15) is 6.17 Å². The van der Waals surface area contributed by atoms with Crippen LogP contribution in [-0.2, 0) is 4.79 Å². The van der Waals surface area contributed by atoms with Crippen molar-refractivity contribution >= 4 is 5.91 Å². The zero-order valence-electron chi connectivity index (χ0n) is 15.3. The van der Waals surface area contributed by atoms with Gasteiger partial charge in [0.05, 0.1) is 6.04 Å². The predicted octanol–water partition coefficient (Wildman–Crippen LogP) is 1.30. The summed E-state index contributed by atoms with van der Waals surface area (Å²) in [5.74, 6) is 1.22. The number of fused-ring (bicyclic) bond motifs is 1. The Morgan fingerprint density at radius 1 is 1.16 bits per heavy atom. The standard InChI is InChI=1S/C19H33FN4O/c1-11-5-6-15(20)14-8-16(24-18(11)14)19(25)23-13-4-2-3-12(7-13)17-9-21-10-22-17/h11-18,21-22,24H,2-10H2,1H3,(H,23,25). The third-order valence-electron chi connectivity index (χ3n) is 7.14. The zero-order valence-corrected chi connectivity index (χ0v) is 15.3. The predicted molar refractivity (Wildman–Crippen MR) is 95.8 cm³/mol. The smallest absolute Gasteiger partial charge is 0.237 e. The van der Waals surface area contributed by atoms with Crippen LogP contribution in [0.1, 0.15) is 51.9 Å². The Labute approximate surface area is 150 Å². The van der Waals surface area contributed by atoms with Crippen molar-refractivity contribution < 1.29 is 9.18 Å². The van der Waals surface area contributed by atoms with E-state index < -0.39 is 6.17 Å². The highest BCUT2D eigenvalue weighted by Gasteiger charge is 2.46. The van der Waals surface area contributed by atoms with E-state index in [2.05, 4.69) is 28.2 Å². The molecule has 4 rings (SSSR count). The van der Waals surface area contributed by atoms with Gasteiger partial charge in [0.15, 0.2) is 0 Å². The molecule has 0 aromatic heterocycles. The summed E-state index contributed by atoms with van der Waals surface area (Å²) in [4.78, 5) is 12.8. The minimum atomic E-state index is -0.744. The van der Waals surface area contributed by atoms with Gasteiger partial charge >= 0.3 is 0 Å². The van der Waals surface area contributed by atoms with Crippen molar-refractivity contribution in [3.8, 4) is 0 Å². The van der Waals surface area contributed by atoms with Crippen LogP contribution in [0.15, 0.2) is 0 Å². The van der Waals surface area contributed by atoms with E-state index in [1.165, 1.54) is 12.8 Å². The van der Waals surface area contributed by atoms with Crippen LogP contribution < -0.4 is 21.3 Å². The van der Waals surface area contributed by atoms with E-state index >= 15 is 0 Å². The molecule has 0 aromatic carbocycles. The highest BCUT2D eigenvalue weighted by Crippen LogP contribution is 2.38. The maximum atomic E-state index is 14.2. The molecule has 5 nitrogen and oxygen atoms in total. The molecule has 8 unspecified atom stereocenters. The number of carbonyl (C=O) groups is 1. The van der Waals surface area contributed by atoms with Gasteiger partial charge in [-0.1, -0.05) is 13.3 Å². The van der Waals surface area contributed by atoms with Gasteiger partial charge in [-0.3, -0.25) is 4.79 Å². The maximum absolute atomic E-state index is 14.2. The van der Waals surface area contributed by atoms with Gasteiger partial charge in [0.2, 0.25) is 5.91 Å². The van der Waals surface area contributed by atoms with E-state index in [4.69, 9.17) is 0 Å². The normalized spacial score (nSPS) is 47.4. The van der Waals surface area contributed by atoms with Crippen molar-refractivity contribution in [1.29, 1.82) is 0 Å². The SMILES string of the molecule is CC1CCC(F)C2CC(C(=O)NC3CCCC(C4CNCN4)C3)NC12. The number of hydrogen-bond acceptors (Lipinski definition) is 4. The summed E-state index contributed by atoms with van der Waals surface area (Å²) >= 11 is 0. The fraction of sp³-hybridized carbons (Fsp3) is 0.947. The van der Waals surface area contributed by atoms with Gasteiger partial charge in [-0.15, -0.1) is 0 Å². The Morgan fingerprint density at radius 2 is 2.04 bits per heavy atom. The summed E-state index contributed by atoms with van der Waals surface area (Å²) in [6.07, 6.45) is 6.07. The van der Waals surface area contributed by atoms with Crippen LogP contribution in [0.25, 0.3) is 0 Å². The second-order valence-electron chi connectivity index (χ2n) is 8.79. The molecular weight excluding hydrogens is 319 g/mol. The molecule has 6 heteroatoms. The van der Waals surface area contributed by atoms with Crippen molar-refractivity contribution in [2.45, 2.75) is 82.2 Å². The molecule has 142 valence electrons. The molecule has 0 spiro atoms. The minimum Gasteiger partial charge on any atom is -0.352 e. The molecule has 0 aromatic rings. The second-order valence-corrected chi connectivity index (χ2v) is 8.79. The maximum Gasteiger partial charge on any atom is 0.237 e. The van der Waals surface area contributed by atoms with Gasteiger partial charge in [0, 0.05) is 37.3 Å². The fourth-order valence-electron chi connectivity index (χ4n) is 5.66. The number of amides is 1. The lowest BCUT2D eigenvalue weighted by atomic mass is 9.77. The number of halogens is 1. The number of alkyl halides is 1. The molecular formula is C19H33FN4O. The van der Waals surface area contributed by atoms with Gasteiger partial charge in [-0.05, 0) is 50.4 Å². The number of rotatable bonds is 3. The van der Waals surface area contributed by atoms with Gasteiger partial charge in [-0.25, -0.2) is 4.39 Å². The first-order valence-corrected chi connectivity index (χ1v) is 10.3. The lowest BCUT2D eigenvalue weighted by Gasteiger charge is -2.34. The Balaban J connectivity index is 1.31. The molecule has 2 saturated heterocycles. The lowest BCUT2D eigenvalue weighted by molar-refractivity contribution is -0.124. The number of nitrogens with one attached hydrogen (secondary N) is 4. The van der Waals surface area contributed by atoms with E-state index in [1.807, 2.05) is 0 Å². The van der Waals surface area contributed by atoms with Crippen molar-refractivity contribution in [3.05, 3.63) is 0 Å². The fourth-order valence-corrected chi connectivity index (χ4v) is 5.66. The van der Waals surface area contributed by atoms with Crippen LogP contribution in [0.5, 0.6) is 0 Å². The molecule has 4 aliphatic rings. The molecule has 4 N–H and O–H groups in total. The third kappa shape index (κ3) is 3.71. The Hall–Kier alpha value is -0.720.